The highest BCUT2D eigenvalue weighted by Crippen LogP contribution is 2.30. The van der Waals surface area contributed by atoms with Crippen molar-refractivity contribution >= 4 is 5.91 Å². The summed E-state index contributed by atoms with van der Waals surface area (Å²) >= 11 is 0. The van der Waals surface area contributed by atoms with Gasteiger partial charge in [0.1, 0.15) is 0 Å². The maximum absolute atomic E-state index is 11.8. The van der Waals surface area contributed by atoms with Gasteiger partial charge in [0.05, 0.1) is 5.54 Å². The minimum Gasteiger partial charge on any atom is -0.352 e. The van der Waals surface area contributed by atoms with Crippen LogP contribution in [0.4, 0.5) is 0 Å². The van der Waals surface area contributed by atoms with Crippen LogP contribution in [-0.4, -0.2) is 17.5 Å². The Morgan fingerprint density at radius 2 is 1.93 bits per heavy atom. The Balaban J connectivity index is 1.83. The number of hydrogen-bond acceptors (Lipinski definition) is 2. The molecule has 0 bridgehead atoms. The normalized spacial score (nSPS) is 35.0. The first-order valence-corrected chi connectivity index (χ1v) is 5.70. The van der Waals surface area contributed by atoms with Crippen LogP contribution in [-0.2, 0) is 4.79 Å². The number of hydrogen-bond donors (Lipinski definition) is 2. The van der Waals surface area contributed by atoms with Crippen LogP contribution in [0.25, 0.3) is 0 Å². The molecule has 0 aromatic rings. The molecule has 0 unspecified atom stereocenters. The molecule has 0 aromatic carbocycles. The van der Waals surface area contributed by atoms with Crippen molar-refractivity contribution in [2.24, 2.45) is 11.7 Å². The number of rotatable bonds is 2. The third kappa shape index (κ3) is 1.78. The molecule has 2 aliphatic rings. The molecule has 3 N–H and O–H groups in total. The second kappa shape index (κ2) is 3.54. The topological polar surface area (TPSA) is 55.1 Å². The van der Waals surface area contributed by atoms with E-state index in [-0.39, 0.29) is 5.91 Å². The maximum Gasteiger partial charge on any atom is 0.240 e. The Morgan fingerprint density at radius 3 is 2.43 bits per heavy atom. The van der Waals surface area contributed by atoms with Gasteiger partial charge in [-0.2, -0.15) is 0 Å². The quantitative estimate of drug-likeness (QED) is 0.696. The van der Waals surface area contributed by atoms with E-state index in [1.54, 1.807) is 0 Å². The van der Waals surface area contributed by atoms with Gasteiger partial charge >= 0.3 is 0 Å². The lowest BCUT2D eigenvalue weighted by Gasteiger charge is -2.35. The van der Waals surface area contributed by atoms with Gasteiger partial charge in [0.25, 0.3) is 0 Å². The predicted molar refractivity (Wildman–Crippen MR) is 55.7 cm³/mol. The summed E-state index contributed by atoms with van der Waals surface area (Å²) in [4.78, 5) is 11.8. The van der Waals surface area contributed by atoms with Gasteiger partial charge in [-0.25, -0.2) is 0 Å². The van der Waals surface area contributed by atoms with Gasteiger partial charge < -0.3 is 11.1 Å². The largest absolute Gasteiger partial charge is 0.352 e. The van der Waals surface area contributed by atoms with Gasteiger partial charge in [0, 0.05) is 6.04 Å². The third-order valence-corrected chi connectivity index (χ3v) is 3.66. The zero-order valence-corrected chi connectivity index (χ0v) is 8.88. The first-order chi connectivity index (χ1) is 6.60. The number of carbonyl (C=O) groups excluding carboxylic acids is 1. The lowest BCUT2D eigenvalue weighted by atomic mass is 9.81. The molecule has 0 aromatic heterocycles. The molecule has 2 aliphatic carbocycles. The lowest BCUT2D eigenvalue weighted by Crippen LogP contribution is -2.56. The van der Waals surface area contributed by atoms with E-state index >= 15 is 0 Å². The van der Waals surface area contributed by atoms with E-state index in [0.29, 0.717) is 6.04 Å². The SMILES string of the molecule is CC1CC(NC(=O)C2(N)CCCC2)C1. The summed E-state index contributed by atoms with van der Waals surface area (Å²) in [7, 11) is 0. The fourth-order valence-corrected chi connectivity index (χ4v) is 2.58. The monoisotopic (exact) mass is 196 g/mol. The van der Waals surface area contributed by atoms with Crippen molar-refractivity contribution in [2.75, 3.05) is 0 Å². The van der Waals surface area contributed by atoms with Crippen molar-refractivity contribution in [2.45, 2.75) is 57.0 Å². The third-order valence-electron chi connectivity index (χ3n) is 3.66. The van der Waals surface area contributed by atoms with Gasteiger partial charge in [-0.3, -0.25) is 4.79 Å². The average molecular weight is 196 g/mol. The fraction of sp³-hybridized carbons (Fsp3) is 0.909. The Kier molecular flexibility index (Phi) is 2.52. The smallest absolute Gasteiger partial charge is 0.240 e. The van der Waals surface area contributed by atoms with E-state index in [4.69, 9.17) is 5.73 Å². The highest BCUT2D eigenvalue weighted by molar-refractivity contribution is 5.86. The molecular formula is C11H20N2O. The summed E-state index contributed by atoms with van der Waals surface area (Å²) in [6, 6.07) is 0.401. The molecule has 0 heterocycles. The van der Waals surface area contributed by atoms with E-state index in [1.807, 2.05) is 0 Å². The Bertz CT molecular complexity index is 227. The zero-order chi connectivity index (χ0) is 10.2. The van der Waals surface area contributed by atoms with Crippen LogP contribution in [0.15, 0.2) is 0 Å². The molecule has 0 atom stereocenters. The standard InChI is InChI=1S/C11H20N2O/c1-8-6-9(7-8)13-10(14)11(12)4-2-3-5-11/h8-9H,2-7,12H2,1H3,(H,13,14). The summed E-state index contributed by atoms with van der Waals surface area (Å²) in [6.45, 7) is 2.22. The van der Waals surface area contributed by atoms with Crippen molar-refractivity contribution in [1.29, 1.82) is 0 Å². The van der Waals surface area contributed by atoms with Gasteiger partial charge in [-0.05, 0) is 31.6 Å². The van der Waals surface area contributed by atoms with Crippen molar-refractivity contribution in [3.05, 3.63) is 0 Å². The Morgan fingerprint density at radius 1 is 1.36 bits per heavy atom. The minimum absolute atomic E-state index is 0.0897. The molecule has 3 heteroatoms. The van der Waals surface area contributed by atoms with Gasteiger partial charge in [0.15, 0.2) is 0 Å². The molecule has 2 fully saturated rings. The molecule has 0 radical (unpaired) electrons. The van der Waals surface area contributed by atoms with Crippen LogP contribution in [0.2, 0.25) is 0 Å². The summed E-state index contributed by atoms with van der Waals surface area (Å²) in [6.07, 6.45) is 6.18. The highest BCUT2D eigenvalue weighted by Gasteiger charge is 2.39. The molecule has 2 saturated carbocycles. The average Bonchev–Trinajstić information content (AvgIpc) is 2.51. The maximum atomic E-state index is 11.8. The van der Waals surface area contributed by atoms with Crippen LogP contribution in [0, 0.1) is 5.92 Å². The second-order valence-corrected chi connectivity index (χ2v) is 5.11. The van der Waals surface area contributed by atoms with E-state index in [2.05, 4.69) is 12.2 Å². The van der Waals surface area contributed by atoms with Crippen molar-refractivity contribution in [1.82, 2.24) is 5.32 Å². The van der Waals surface area contributed by atoms with Gasteiger partial charge in [0.2, 0.25) is 5.91 Å². The van der Waals surface area contributed by atoms with Crippen LogP contribution >= 0.6 is 0 Å². The fourth-order valence-electron chi connectivity index (χ4n) is 2.58. The van der Waals surface area contributed by atoms with E-state index < -0.39 is 5.54 Å². The van der Waals surface area contributed by atoms with Crippen molar-refractivity contribution in [3.8, 4) is 0 Å². The minimum atomic E-state index is -0.543. The zero-order valence-electron chi connectivity index (χ0n) is 8.88. The van der Waals surface area contributed by atoms with Crippen LogP contribution in [0.1, 0.15) is 45.4 Å². The summed E-state index contributed by atoms with van der Waals surface area (Å²) < 4.78 is 0. The summed E-state index contributed by atoms with van der Waals surface area (Å²) in [5.74, 6) is 0.865. The second-order valence-electron chi connectivity index (χ2n) is 5.11. The van der Waals surface area contributed by atoms with E-state index in [0.717, 1.165) is 44.4 Å². The lowest BCUT2D eigenvalue weighted by molar-refractivity contribution is -0.127. The van der Waals surface area contributed by atoms with Crippen LogP contribution in [0.3, 0.4) is 0 Å². The number of nitrogens with two attached hydrogens (primary N) is 1. The van der Waals surface area contributed by atoms with Crippen molar-refractivity contribution in [3.63, 3.8) is 0 Å². The van der Waals surface area contributed by atoms with Crippen LogP contribution < -0.4 is 11.1 Å². The first kappa shape index (κ1) is 9.97. The molecule has 14 heavy (non-hydrogen) atoms. The number of nitrogens with one attached hydrogen (secondary N) is 1. The van der Waals surface area contributed by atoms with E-state index in [1.165, 1.54) is 0 Å². The molecule has 0 spiro atoms. The molecule has 3 nitrogen and oxygen atoms in total. The van der Waals surface area contributed by atoms with Crippen LogP contribution in [0.5, 0.6) is 0 Å². The molecule has 1 amide bonds. The molecule has 0 aliphatic heterocycles. The number of amides is 1. The molecule has 2 rings (SSSR count). The Hall–Kier alpha value is -0.570. The Labute approximate surface area is 85.4 Å². The number of carbonyl (C=O) groups is 1. The van der Waals surface area contributed by atoms with Gasteiger partial charge in [-0.1, -0.05) is 19.8 Å². The summed E-state index contributed by atoms with van der Waals surface area (Å²) in [5, 5.41) is 3.07. The van der Waals surface area contributed by atoms with E-state index in [9.17, 15) is 4.79 Å². The first-order valence-electron chi connectivity index (χ1n) is 5.70. The van der Waals surface area contributed by atoms with Crippen molar-refractivity contribution < 1.29 is 4.79 Å². The van der Waals surface area contributed by atoms with Gasteiger partial charge in [-0.15, -0.1) is 0 Å². The summed E-state index contributed by atoms with van der Waals surface area (Å²) in [5.41, 5.74) is 5.51. The predicted octanol–water partition coefficient (Wildman–Crippen LogP) is 1.17. The molecule has 0 saturated heterocycles. The molecule has 80 valence electrons. The highest BCUT2D eigenvalue weighted by atomic mass is 16.2. The molecular weight excluding hydrogens is 176 g/mol.